The first-order chi connectivity index (χ1) is 12.7. The van der Waals surface area contributed by atoms with Crippen molar-refractivity contribution in [2.24, 2.45) is 0 Å². The van der Waals surface area contributed by atoms with Crippen LogP contribution >= 0.6 is 0 Å². The van der Waals surface area contributed by atoms with Gasteiger partial charge in [-0.3, -0.25) is 4.79 Å². The van der Waals surface area contributed by atoms with Crippen LogP contribution in [0.4, 0.5) is 13.2 Å². The number of benzene rings is 2. The quantitative estimate of drug-likeness (QED) is 0.782. The van der Waals surface area contributed by atoms with Crippen molar-refractivity contribution in [1.82, 2.24) is 5.32 Å². The molecule has 27 heavy (non-hydrogen) atoms. The van der Waals surface area contributed by atoms with E-state index in [1.54, 1.807) is 0 Å². The van der Waals surface area contributed by atoms with E-state index in [1.165, 1.54) is 19.2 Å². The summed E-state index contributed by atoms with van der Waals surface area (Å²) in [6, 6.07) is 11.1. The van der Waals surface area contributed by atoms with Crippen LogP contribution in [0.15, 0.2) is 48.5 Å². The van der Waals surface area contributed by atoms with E-state index in [0.29, 0.717) is 0 Å². The molecule has 0 fully saturated rings. The van der Waals surface area contributed by atoms with Crippen LogP contribution in [0.1, 0.15) is 22.3 Å². The Bertz CT molecular complexity index is 801. The fourth-order valence-electron chi connectivity index (χ4n) is 2.58. The Labute approximate surface area is 155 Å². The van der Waals surface area contributed by atoms with Gasteiger partial charge in [-0.2, -0.15) is 13.2 Å². The van der Waals surface area contributed by atoms with E-state index in [1.807, 2.05) is 31.2 Å². The number of hydrogen-bond donors (Lipinski definition) is 1. The summed E-state index contributed by atoms with van der Waals surface area (Å²) in [6.07, 6.45) is -4.53. The van der Waals surface area contributed by atoms with Gasteiger partial charge in [0.25, 0.3) is 0 Å². The topological polar surface area (TPSA) is 55.4 Å². The van der Waals surface area contributed by atoms with Crippen molar-refractivity contribution in [2.45, 2.75) is 32.0 Å². The van der Waals surface area contributed by atoms with Gasteiger partial charge in [0.1, 0.15) is 6.04 Å². The van der Waals surface area contributed by atoms with Gasteiger partial charge < -0.3 is 10.1 Å². The van der Waals surface area contributed by atoms with Gasteiger partial charge in [-0.25, -0.2) is 4.79 Å². The fourth-order valence-corrected chi connectivity index (χ4v) is 2.58. The summed E-state index contributed by atoms with van der Waals surface area (Å²) in [7, 11) is 1.21. The largest absolute Gasteiger partial charge is 0.467 e. The highest BCUT2D eigenvalue weighted by Gasteiger charge is 2.30. The van der Waals surface area contributed by atoms with Crippen molar-refractivity contribution in [2.75, 3.05) is 7.11 Å². The highest BCUT2D eigenvalue weighted by Crippen LogP contribution is 2.29. The van der Waals surface area contributed by atoms with Gasteiger partial charge >= 0.3 is 12.1 Å². The predicted molar refractivity (Wildman–Crippen MR) is 94.0 cm³/mol. The molecule has 0 aliphatic heterocycles. The number of amides is 1. The number of ether oxygens (including phenoxy) is 1. The van der Waals surface area contributed by atoms with E-state index in [2.05, 4.69) is 5.32 Å². The van der Waals surface area contributed by atoms with Gasteiger partial charge in [0.05, 0.1) is 19.1 Å². The van der Waals surface area contributed by atoms with Crippen LogP contribution in [0, 0.1) is 6.92 Å². The second-order valence-corrected chi connectivity index (χ2v) is 6.21. The van der Waals surface area contributed by atoms with Crippen LogP contribution in [0.2, 0.25) is 0 Å². The summed E-state index contributed by atoms with van der Waals surface area (Å²) in [4.78, 5) is 24.2. The van der Waals surface area contributed by atoms with Crippen LogP contribution in [-0.2, 0) is 33.3 Å². The number of halogens is 3. The lowest BCUT2D eigenvalue weighted by Gasteiger charge is -2.17. The normalized spacial score (nSPS) is 12.3. The third-order valence-electron chi connectivity index (χ3n) is 4.00. The van der Waals surface area contributed by atoms with Crippen molar-refractivity contribution < 1.29 is 27.5 Å². The van der Waals surface area contributed by atoms with Crippen molar-refractivity contribution in [1.29, 1.82) is 0 Å². The number of carbonyl (C=O) groups is 2. The molecule has 1 N–H and O–H groups in total. The van der Waals surface area contributed by atoms with E-state index in [4.69, 9.17) is 4.74 Å². The maximum absolute atomic E-state index is 12.8. The van der Waals surface area contributed by atoms with Crippen molar-refractivity contribution in [3.63, 3.8) is 0 Å². The maximum atomic E-state index is 12.8. The zero-order valence-corrected chi connectivity index (χ0v) is 15.0. The summed E-state index contributed by atoms with van der Waals surface area (Å²) >= 11 is 0. The predicted octanol–water partition coefficient (Wildman–Crippen LogP) is 3.46. The molecule has 2 aromatic carbocycles. The molecule has 1 amide bonds. The SMILES string of the molecule is COC(=O)[C@H](Cc1ccc(C)cc1)NC(=O)Cc1cccc(C(F)(F)F)c1. The van der Waals surface area contributed by atoms with Crippen LogP contribution < -0.4 is 5.32 Å². The summed E-state index contributed by atoms with van der Waals surface area (Å²) in [6.45, 7) is 1.93. The lowest BCUT2D eigenvalue weighted by atomic mass is 10.0. The molecule has 2 aromatic rings. The van der Waals surface area contributed by atoms with Crippen molar-refractivity contribution in [3.05, 3.63) is 70.8 Å². The summed E-state index contributed by atoms with van der Waals surface area (Å²) in [5.74, 6) is -1.18. The third kappa shape index (κ3) is 6.13. The number of rotatable bonds is 6. The standard InChI is InChI=1S/C20H20F3NO3/c1-13-6-8-14(9-7-13)11-17(19(26)27-2)24-18(25)12-15-4-3-5-16(10-15)20(21,22)23/h3-10,17H,11-12H2,1-2H3,(H,24,25)/t17-/m0/s1. The first kappa shape index (κ1) is 20.5. The first-order valence-corrected chi connectivity index (χ1v) is 8.28. The molecule has 0 aromatic heterocycles. The molecular weight excluding hydrogens is 359 g/mol. The van der Waals surface area contributed by atoms with Crippen LogP contribution in [0.5, 0.6) is 0 Å². The van der Waals surface area contributed by atoms with Crippen LogP contribution in [0.3, 0.4) is 0 Å². The first-order valence-electron chi connectivity index (χ1n) is 8.28. The number of nitrogens with one attached hydrogen (secondary N) is 1. The zero-order valence-electron chi connectivity index (χ0n) is 15.0. The number of hydrogen-bond acceptors (Lipinski definition) is 3. The Morgan fingerprint density at radius 3 is 2.33 bits per heavy atom. The number of carbonyl (C=O) groups excluding carboxylic acids is 2. The Morgan fingerprint density at radius 1 is 1.07 bits per heavy atom. The number of esters is 1. The van der Waals surface area contributed by atoms with E-state index in [-0.39, 0.29) is 18.4 Å². The molecule has 0 radical (unpaired) electrons. The Balaban J connectivity index is 2.07. The Kier molecular flexibility index (Phi) is 6.60. The molecule has 1 atom stereocenters. The van der Waals surface area contributed by atoms with Gasteiger partial charge in [-0.15, -0.1) is 0 Å². The molecule has 0 saturated heterocycles. The minimum Gasteiger partial charge on any atom is -0.467 e. The smallest absolute Gasteiger partial charge is 0.416 e. The van der Waals surface area contributed by atoms with Crippen molar-refractivity contribution >= 4 is 11.9 Å². The van der Waals surface area contributed by atoms with Gasteiger partial charge in [0.2, 0.25) is 5.91 Å². The van der Waals surface area contributed by atoms with E-state index in [0.717, 1.165) is 23.3 Å². The average molecular weight is 379 g/mol. The fraction of sp³-hybridized carbons (Fsp3) is 0.300. The monoisotopic (exact) mass is 379 g/mol. The second kappa shape index (κ2) is 8.70. The minimum atomic E-state index is -4.48. The van der Waals surface area contributed by atoms with Gasteiger partial charge in [0.15, 0.2) is 0 Å². The van der Waals surface area contributed by atoms with E-state index < -0.39 is 29.7 Å². The molecule has 4 nitrogen and oxygen atoms in total. The second-order valence-electron chi connectivity index (χ2n) is 6.21. The maximum Gasteiger partial charge on any atom is 0.416 e. The Hall–Kier alpha value is -2.83. The summed E-state index contributed by atoms with van der Waals surface area (Å²) < 4.78 is 43.0. The highest BCUT2D eigenvalue weighted by atomic mass is 19.4. The molecule has 0 heterocycles. The summed E-state index contributed by atoms with van der Waals surface area (Å²) in [5, 5.41) is 2.54. The van der Waals surface area contributed by atoms with Crippen molar-refractivity contribution in [3.8, 4) is 0 Å². The lowest BCUT2D eigenvalue weighted by molar-refractivity contribution is -0.145. The molecule has 0 unspecified atom stereocenters. The van der Waals surface area contributed by atoms with E-state index in [9.17, 15) is 22.8 Å². The lowest BCUT2D eigenvalue weighted by Crippen LogP contribution is -2.43. The molecule has 0 saturated carbocycles. The number of methoxy groups -OCH3 is 1. The highest BCUT2D eigenvalue weighted by molar-refractivity contribution is 5.85. The van der Waals surface area contributed by atoms with Crippen LogP contribution in [0.25, 0.3) is 0 Å². The van der Waals surface area contributed by atoms with E-state index >= 15 is 0 Å². The average Bonchev–Trinajstić information content (AvgIpc) is 2.61. The molecule has 0 bridgehead atoms. The molecule has 0 aliphatic rings. The van der Waals surface area contributed by atoms with Gasteiger partial charge in [0, 0.05) is 6.42 Å². The third-order valence-corrected chi connectivity index (χ3v) is 4.00. The molecular formula is C20H20F3NO3. The van der Waals surface area contributed by atoms with Crippen LogP contribution in [-0.4, -0.2) is 25.0 Å². The Morgan fingerprint density at radius 2 is 1.74 bits per heavy atom. The molecule has 2 rings (SSSR count). The zero-order chi connectivity index (χ0) is 20.0. The molecule has 144 valence electrons. The number of aryl methyl sites for hydroxylation is 1. The molecule has 7 heteroatoms. The van der Waals surface area contributed by atoms with Gasteiger partial charge in [-0.05, 0) is 24.1 Å². The summed E-state index contributed by atoms with van der Waals surface area (Å²) in [5.41, 5.74) is 1.27. The molecule has 0 aliphatic carbocycles. The number of alkyl halides is 3. The van der Waals surface area contributed by atoms with Gasteiger partial charge in [-0.1, -0.05) is 48.0 Å². The molecule has 0 spiro atoms. The minimum absolute atomic E-state index is 0.210.